The van der Waals surface area contributed by atoms with Crippen molar-refractivity contribution in [1.29, 1.82) is 0 Å². The smallest absolute Gasteiger partial charge is 0.253 e. The molecule has 16 heavy (non-hydrogen) atoms. The molecule has 1 aliphatic heterocycles. The fourth-order valence-electron chi connectivity index (χ4n) is 1.59. The van der Waals surface area contributed by atoms with Crippen molar-refractivity contribution in [2.24, 2.45) is 5.10 Å². The molecular formula is C13H14N2O. The predicted octanol–water partition coefficient (Wildman–Crippen LogP) is 2.75. The van der Waals surface area contributed by atoms with Crippen LogP contribution in [-0.2, 0) is 4.79 Å². The van der Waals surface area contributed by atoms with Crippen LogP contribution in [0.5, 0.6) is 0 Å². The molecule has 0 bridgehead atoms. The summed E-state index contributed by atoms with van der Waals surface area (Å²) in [5, 5.41) is 5.82. The highest BCUT2D eigenvalue weighted by Gasteiger charge is 2.25. The van der Waals surface area contributed by atoms with Crippen molar-refractivity contribution in [1.82, 2.24) is 0 Å². The highest BCUT2D eigenvalue weighted by molar-refractivity contribution is 6.18. The minimum Gasteiger partial charge on any atom is -0.272 e. The van der Waals surface area contributed by atoms with Crippen LogP contribution in [0.15, 0.2) is 47.1 Å². The predicted molar refractivity (Wildman–Crippen MR) is 65.4 cm³/mol. The lowest BCUT2D eigenvalue weighted by Gasteiger charge is -2.10. The highest BCUT2D eigenvalue weighted by Crippen LogP contribution is 2.21. The van der Waals surface area contributed by atoms with Gasteiger partial charge in [-0.25, -0.2) is 5.01 Å². The van der Waals surface area contributed by atoms with Gasteiger partial charge in [0.05, 0.1) is 17.8 Å². The number of carbonyl (C=O) groups is 1. The van der Waals surface area contributed by atoms with Crippen LogP contribution in [0.1, 0.15) is 20.3 Å². The molecule has 0 aliphatic carbocycles. The van der Waals surface area contributed by atoms with E-state index in [1.54, 1.807) is 0 Å². The molecule has 0 unspecified atom stereocenters. The molecule has 2 rings (SSSR count). The number of hydrazone groups is 1. The Morgan fingerprint density at radius 3 is 2.69 bits per heavy atom. The van der Waals surface area contributed by atoms with Gasteiger partial charge in [-0.3, -0.25) is 4.79 Å². The average molecular weight is 214 g/mol. The second-order valence-corrected chi connectivity index (χ2v) is 3.74. The first kappa shape index (κ1) is 10.6. The summed E-state index contributed by atoms with van der Waals surface area (Å²) in [5.74, 6) is 0.0300. The molecule has 0 N–H and O–H groups in total. The molecule has 1 amide bonds. The van der Waals surface area contributed by atoms with E-state index < -0.39 is 0 Å². The third-order valence-corrected chi connectivity index (χ3v) is 2.66. The lowest BCUT2D eigenvalue weighted by Crippen LogP contribution is -2.19. The largest absolute Gasteiger partial charge is 0.272 e. The van der Waals surface area contributed by atoms with Crippen molar-refractivity contribution in [2.75, 3.05) is 5.01 Å². The number of hydrogen-bond acceptors (Lipinski definition) is 2. The van der Waals surface area contributed by atoms with Crippen LogP contribution in [0.4, 0.5) is 5.69 Å². The third kappa shape index (κ3) is 1.89. The molecule has 1 heterocycles. The first-order valence-electron chi connectivity index (χ1n) is 5.31. The molecule has 82 valence electrons. The van der Waals surface area contributed by atoms with Crippen LogP contribution in [0.2, 0.25) is 0 Å². The zero-order valence-corrected chi connectivity index (χ0v) is 9.47. The molecule has 0 atom stereocenters. The maximum absolute atomic E-state index is 11.8. The first-order valence-corrected chi connectivity index (χ1v) is 5.31. The van der Waals surface area contributed by atoms with E-state index in [2.05, 4.69) is 5.10 Å². The molecule has 0 spiro atoms. The monoisotopic (exact) mass is 214 g/mol. The first-order chi connectivity index (χ1) is 7.72. The van der Waals surface area contributed by atoms with E-state index in [-0.39, 0.29) is 5.91 Å². The van der Waals surface area contributed by atoms with Gasteiger partial charge >= 0.3 is 0 Å². The molecule has 0 saturated heterocycles. The van der Waals surface area contributed by atoms with Gasteiger partial charge in [0.2, 0.25) is 0 Å². The molecule has 0 fully saturated rings. The van der Waals surface area contributed by atoms with Crippen LogP contribution in [0, 0.1) is 0 Å². The zero-order valence-electron chi connectivity index (χ0n) is 9.47. The van der Waals surface area contributed by atoms with Crippen molar-refractivity contribution in [3.05, 3.63) is 42.0 Å². The Labute approximate surface area is 95.1 Å². The number of rotatable bonds is 2. The number of benzene rings is 1. The van der Waals surface area contributed by atoms with Crippen LogP contribution in [0.3, 0.4) is 0 Å². The van der Waals surface area contributed by atoms with Crippen molar-refractivity contribution in [3.63, 3.8) is 0 Å². The molecule has 1 aromatic rings. The molecule has 0 saturated carbocycles. The van der Waals surface area contributed by atoms with E-state index in [0.29, 0.717) is 6.42 Å². The second-order valence-electron chi connectivity index (χ2n) is 3.74. The Bertz CT molecular complexity index is 460. The molecule has 0 aromatic heterocycles. The summed E-state index contributed by atoms with van der Waals surface area (Å²) >= 11 is 0. The maximum atomic E-state index is 11.8. The van der Waals surface area contributed by atoms with Crippen molar-refractivity contribution < 1.29 is 4.79 Å². The number of allylic oxidation sites excluding steroid dienone is 2. The topological polar surface area (TPSA) is 32.7 Å². The van der Waals surface area contributed by atoms with Gasteiger partial charge in [0.25, 0.3) is 5.91 Å². The van der Waals surface area contributed by atoms with Gasteiger partial charge in [0, 0.05) is 0 Å². The average Bonchev–Trinajstić information content (AvgIpc) is 2.71. The molecular weight excluding hydrogens is 200 g/mol. The van der Waals surface area contributed by atoms with E-state index >= 15 is 0 Å². The normalized spacial score (nSPS) is 16.6. The van der Waals surface area contributed by atoms with E-state index in [9.17, 15) is 4.79 Å². The number of carbonyl (C=O) groups excluding carboxylic acids is 1. The number of amides is 1. The molecule has 1 aliphatic rings. The Hall–Kier alpha value is -1.90. The van der Waals surface area contributed by atoms with Gasteiger partial charge in [-0.15, -0.1) is 0 Å². The van der Waals surface area contributed by atoms with Gasteiger partial charge in [-0.2, -0.15) is 5.10 Å². The summed E-state index contributed by atoms with van der Waals surface area (Å²) in [6.45, 7) is 3.92. The highest BCUT2D eigenvalue weighted by atomic mass is 16.2. The summed E-state index contributed by atoms with van der Waals surface area (Å²) in [6.07, 6.45) is 2.37. The zero-order chi connectivity index (χ0) is 11.5. The van der Waals surface area contributed by atoms with E-state index in [0.717, 1.165) is 17.0 Å². The molecule has 3 nitrogen and oxygen atoms in total. The Morgan fingerprint density at radius 2 is 2.06 bits per heavy atom. The Balaban J connectivity index is 2.31. The second kappa shape index (κ2) is 4.31. The lowest BCUT2D eigenvalue weighted by molar-refractivity contribution is -0.116. The number of anilines is 1. The number of hydrogen-bond donors (Lipinski definition) is 0. The maximum Gasteiger partial charge on any atom is 0.253 e. The van der Waals surface area contributed by atoms with E-state index in [1.807, 2.05) is 50.3 Å². The summed E-state index contributed by atoms with van der Waals surface area (Å²) in [6, 6.07) is 9.49. The summed E-state index contributed by atoms with van der Waals surface area (Å²) in [4.78, 5) is 11.8. The van der Waals surface area contributed by atoms with Crippen LogP contribution < -0.4 is 5.01 Å². The fraction of sp³-hybridized carbons (Fsp3) is 0.231. The van der Waals surface area contributed by atoms with Crippen LogP contribution in [-0.4, -0.2) is 11.6 Å². The fourth-order valence-corrected chi connectivity index (χ4v) is 1.59. The molecule has 3 heteroatoms. The van der Waals surface area contributed by atoms with Crippen molar-refractivity contribution in [3.8, 4) is 0 Å². The molecule has 1 aromatic carbocycles. The van der Waals surface area contributed by atoms with Crippen LogP contribution >= 0.6 is 0 Å². The standard InChI is InChI=1S/C13H14N2O/c1-3-10(2)12-9-13(16)15(14-12)11-7-5-4-6-8-11/h3-8H,9H2,1-2H3/b10-3+. The summed E-state index contributed by atoms with van der Waals surface area (Å²) in [5.41, 5.74) is 2.74. The van der Waals surface area contributed by atoms with E-state index in [4.69, 9.17) is 0 Å². The third-order valence-electron chi connectivity index (χ3n) is 2.66. The minimum atomic E-state index is 0.0300. The Morgan fingerprint density at radius 1 is 1.38 bits per heavy atom. The lowest BCUT2D eigenvalue weighted by atomic mass is 10.1. The molecule has 0 radical (unpaired) electrons. The van der Waals surface area contributed by atoms with E-state index in [1.165, 1.54) is 5.01 Å². The SMILES string of the molecule is C/C=C(\C)C1=NN(c2ccccc2)C(=O)C1. The van der Waals surface area contributed by atoms with Gasteiger partial charge in [-0.1, -0.05) is 24.3 Å². The Kier molecular flexibility index (Phi) is 2.86. The van der Waals surface area contributed by atoms with Crippen LogP contribution in [0.25, 0.3) is 0 Å². The van der Waals surface area contributed by atoms with Gasteiger partial charge in [-0.05, 0) is 31.6 Å². The van der Waals surface area contributed by atoms with Gasteiger partial charge < -0.3 is 0 Å². The van der Waals surface area contributed by atoms with Gasteiger partial charge in [0.15, 0.2) is 0 Å². The van der Waals surface area contributed by atoms with Gasteiger partial charge in [0.1, 0.15) is 0 Å². The van der Waals surface area contributed by atoms with Crippen molar-refractivity contribution in [2.45, 2.75) is 20.3 Å². The summed E-state index contributed by atoms with van der Waals surface area (Å²) < 4.78 is 0. The number of para-hydroxylation sites is 1. The number of nitrogens with zero attached hydrogens (tertiary/aromatic N) is 2. The van der Waals surface area contributed by atoms with Crippen molar-refractivity contribution >= 4 is 17.3 Å². The summed E-state index contributed by atoms with van der Waals surface area (Å²) in [7, 11) is 0. The minimum absolute atomic E-state index is 0.0300. The quantitative estimate of drug-likeness (QED) is 0.745.